The number of amides is 7. The lowest BCUT2D eigenvalue weighted by Gasteiger charge is -2.26. The lowest BCUT2D eigenvalue weighted by Crippen LogP contribution is -2.58. The number of benzene rings is 2. The van der Waals surface area contributed by atoms with Crippen LogP contribution in [0.2, 0.25) is 0 Å². The van der Waals surface area contributed by atoms with Crippen molar-refractivity contribution >= 4 is 47.3 Å². The zero-order valence-electron chi connectivity index (χ0n) is 34.1. The molecule has 10 N–H and O–H groups in total. The van der Waals surface area contributed by atoms with Crippen LogP contribution in [0.5, 0.6) is 0 Å². The van der Waals surface area contributed by atoms with E-state index < -0.39 is 65.6 Å². The SMILES string of the molecule is CCC(C)[C@H](NC(=O)CCCCCCCCCCCNC(=O)[C@H](NC(=O)[C@@H](Cc1ccccc1)NC(=O)/C=C/C(=O)O)C(N)=O)C(=O)N[C@@H](Cc1ccccc1)C(N)=O. The minimum absolute atomic E-state index is 0.00231. The van der Waals surface area contributed by atoms with Crippen LogP contribution in [-0.4, -0.2) is 83.1 Å². The molecule has 59 heavy (non-hydrogen) atoms. The number of carboxylic acids is 1. The largest absolute Gasteiger partial charge is 0.478 e. The molecule has 0 bridgehead atoms. The number of hydrogen-bond acceptors (Lipinski definition) is 8. The van der Waals surface area contributed by atoms with Crippen LogP contribution in [0.15, 0.2) is 72.8 Å². The predicted molar refractivity (Wildman–Crippen MR) is 222 cm³/mol. The summed E-state index contributed by atoms with van der Waals surface area (Å²) < 4.78 is 0. The second-order valence-corrected chi connectivity index (χ2v) is 14.6. The van der Waals surface area contributed by atoms with Crippen LogP contribution in [0, 0.1) is 5.92 Å². The van der Waals surface area contributed by atoms with E-state index in [9.17, 15) is 38.4 Å². The average Bonchev–Trinajstić information content (AvgIpc) is 3.21. The zero-order valence-corrected chi connectivity index (χ0v) is 34.1. The quantitative estimate of drug-likeness (QED) is 0.0339. The van der Waals surface area contributed by atoms with E-state index in [4.69, 9.17) is 16.6 Å². The molecule has 0 aromatic heterocycles. The molecule has 0 saturated carbocycles. The first-order valence-corrected chi connectivity index (χ1v) is 20.3. The molecule has 0 fully saturated rings. The molecular formula is C43H61N7O9. The van der Waals surface area contributed by atoms with Gasteiger partial charge in [0.15, 0.2) is 6.04 Å². The van der Waals surface area contributed by atoms with Crippen molar-refractivity contribution in [2.45, 2.75) is 121 Å². The molecule has 0 aliphatic rings. The van der Waals surface area contributed by atoms with Gasteiger partial charge in [0.2, 0.25) is 35.4 Å². The Morgan fingerprint density at radius 3 is 1.64 bits per heavy atom. The van der Waals surface area contributed by atoms with Crippen molar-refractivity contribution in [1.29, 1.82) is 0 Å². The van der Waals surface area contributed by atoms with Gasteiger partial charge < -0.3 is 43.2 Å². The molecule has 0 spiro atoms. The number of nitrogens with two attached hydrogens (primary N) is 2. The highest BCUT2D eigenvalue weighted by atomic mass is 16.4. The Labute approximate surface area is 346 Å². The number of rotatable bonds is 29. The van der Waals surface area contributed by atoms with Crippen LogP contribution < -0.4 is 38.1 Å². The molecule has 2 rings (SSSR count). The lowest BCUT2D eigenvalue weighted by molar-refractivity contribution is -0.136. The van der Waals surface area contributed by atoms with Crippen molar-refractivity contribution in [1.82, 2.24) is 26.6 Å². The number of carboxylic acid groups (broad SMARTS) is 1. The Morgan fingerprint density at radius 2 is 1.14 bits per heavy atom. The first-order chi connectivity index (χ1) is 28.2. The Kier molecular flexibility index (Phi) is 22.9. The van der Waals surface area contributed by atoms with Gasteiger partial charge in [-0.2, -0.15) is 0 Å². The molecule has 16 nitrogen and oxygen atoms in total. The van der Waals surface area contributed by atoms with Gasteiger partial charge in [0.25, 0.3) is 5.91 Å². The summed E-state index contributed by atoms with van der Waals surface area (Å²) in [6, 6.07) is 13.3. The number of primary amides is 2. The lowest BCUT2D eigenvalue weighted by atomic mass is 9.97. The standard InChI is InChI=1S/C43H61N7O9/c1-3-29(2)37(43(59)48-32(39(44)55)27-30-19-13-11-14-20-30)49-34(51)23-17-9-7-5-4-6-8-10-18-26-46-42(58)38(40(45)56)50-41(57)33(28-31-21-15-12-16-22-31)47-35(52)24-25-36(53)54/h11-16,19-22,24-25,29,32-33,37-38H,3-10,17-18,23,26-28H2,1-2H3,(H2,44,55)(H2,45,56)(H,46,58)(H,47,52)(H,48,59)(H,49,51)(H,50,57)(H,53,54)/b25-24+/t29?,32-,33+,37-,38+/m0/s1. The number of aliphatic carboxylic acids is 1. The summed E-state index contributed by atoms with van der Waals surface area (Å²) in [5, 5.41) is 21.7. The van der Waals surface area contributed by atoms with Crippen molar-refractivity contribution in [2.24, 2.45) is 17.4 Å². The van der Waals surface area contributed by atoms with E-state index >= 15 is 0 Å². The van der Waals surface area contributed by atoms with Crippen LogP contribution in [0.25, 0.3) is 0 Å². The predicted octanol–water partition coefficient (Wildman–Crippen LogP) is 2.09. The average molecular weight is 820 g/mol. The van der Waals surface area contributed by atoms with Crippen molar-refractivity contribution in [3.05, 3.63) is 83.9 Å². The molecule has 0 heterocycles. The molecule has 0 aliphatic heterocycles. The first-order valence-electron chi connectivity index (χ1n) is 20.3. The molecule has 322 valence electrons. The maximum atomic E-state index is 13.2. The molecule has 0 saturated heterocycles. The van der Waals surface area contributed by atoms with Crippen molar-refractivity contribution in [3.63, 3.8) is 0 Å². The monoisotopic (exact) mass is 819 g/mol. The van der Waals surface area contributed by atoms with E-state index in [1.165, 1.54) is 0 Å². The Hall–Kier alpha value is -6.06. The number of hydrogen-bond donors (Lipinski definition) is 8. The van der Waals surface area contributed by atoms with E-state index in [0.29, 0.717) is 30.9 Å². The second-order valence-electron chi connectivity index (χ2n) is 14.6. The van der Waals surface area contributed by atoms with Gasteiger partial charge in [-0.1, -0.05) is 126 Å². The molecule has 1 unspecified atom stereocenters. The molecular weight excluding hydrogens is 759 g/mol. The van der Waals surface area contributed by atoms with Gasteiger partial charge in [-0.25, -0.2) is 4.79 Å². The van der Waals surface area contributed by atoms with E-state index in [2.05, 4.69) is 26.6 Å². The van der Waals surface area contributed by atoms with Gasteiger partial charge in [-0.15, -0.1) is 0 Å². The third-order valence-corrected chi connectivity index (χ3v) is 9.76. The van der Waals surface area contributed by atoms with Gasteiger partial charge in [0.05, 0.1) is 0 Å². The van der Waals surface area contributed by atoms with Crippen molar-refractivity contribution in [3.8, 4) is 0 Å². The number of carbonyl (C=O) groups excluding carboxylic acids is 7. The maximum Gasteiger partial charge on any atom is 0.328 e. The Balaban J connectivity index is 1.67. The number of nitrogens with one attached hydrogen (secondary N) is 5. The van der Waals surface area contributed by atoms with Gasteiger partial charge in [0.1, 0.15) is 18.1 Å². The van der Waals surface area contributed by atoms with Gasteiger partial charge in [-0.3, -0.25) is 33.6 Å². The molecule has 16 heteroatoms. The van der Waals surface area contributed by atoms with E-state index in [0.717, 1.165) is 56.6 Å². The second kappa shape index (κ2) is 27.6. The number of unbranched alkanes of at least 4 members (excludes halogenated alkanes) is 8. The smallest absolute Gasteiger partial charge is 0.328 e. The van der Waals surface area contributed by atoms with Crippen molar-refractivity contribution in [2.75, 3.05) is 6.54 Å². The van der Waals surface area contributed by atoms with Crippen molar-refractivity contribution < 1.29 is 43.5 Å². The first kappa shape index (κ1) is 49.1. The molecule has 7 amide bonds. The fourth-order valence-electron chi connectivity index (χ4n) is 6.18. The molecule has 2 aromatic carbocycles. The molecule has 0 aliphatic carbocycles. The topological polar surface area (TPSA) is 269 Å². The highest BCUT2D eigenvalue weighted by Gasteiger charge is 2.31. The maximum absolute atomic E-state index is 13.2. The molecule has 5 atom stereocenters. The molecule has 2 aromatic rings. The van der Waals surface area contributed by atoms with Crippen LogP contribution in [-0.2, 0) is 51.2 Å². The summed E-state index contributed by atoms with van der Waals surface area (Å²) in [6.45, 7) is 4.06. The summed E-state index contributed by atoms with van der Waals surface area (Å²) in [5.41, 5.74) is 12.5. The molecule has 0 radical (unpaired) electrons. The van der Waals surface area contributed by atoms with Gasteiger partial charge >= 0.3 is 5.97 Å². The highest BCUT2D eigenvalue weighted by molar-refractivity contribution is 6.07. The van der Waals surface area contributed by atoms with E-state index in [-0.39, 0.29) is 37.6 Å². The Morgan fingerprint density at radius 1 is 0.610 bits per heavy atom. The number of carbonyl (C=O) groups is 8. The Bertz CT molecular complexity index is 1710. The van der Waals surface area contributed by atoms with E-state index in [1.807, 2.05) is 44.2 Å². The summed E-state index contributed by atoms with van der Waals surface area (Å²) in [6.07, 6.45) is 10.4. The minimum Gasteiger partial charge on any atom is -0.478 e. The van der Waals surface area contributed by atoms with Crippen LogP contribution in [0.1, 0.15) is 95.6 Å². The van der Waals surface area contributed by atoms with E-state index in [1.54, 1.807) is 30.3 Å². The van der Waals surface area contributed by atoms with Crippen LogP contribution in [0.4, 0.5) is 0 Å². The van der Waals surface area contributed by atoms with Gasteiger partial charge in [-0.05, 0) is 29.9 Å². The fraction of sp³-hybridized carbons (Fsp3) is 0.488. The summed E-state index contributed by atoms with van der Waals surface area (Å²) in [5.74, 6) is -6.37. The summed E-state index contributed by atoms with van der Waals surface area (Å²) >= 11 is 0. The summed E-state index contributed by atoms with van der Waals surface area (Å²) in [7, 11) is 0. The highest BCUT2D eigenvalue weighted by Crippen LogP contribution is 2.13. The van der Waals surface area contributed by atoms with Crippen LogP contribution >= 0.6 is 0 Å². The third kappa shape index (κ3) is 20.3. The summed E-state index contributed by atoms with van der Waals surface area (Å²) in [4.78, 5) is 99.2. The normalized spacial score (nSPS) is 13.5. The van der Waals surface area contributed by atoms with Gasteiger partial charge in [0, 0.05) is 38.0 Å². The third-order valence-electron chi connectivity index (χ3n) is 9.76. The minimum atomic E-state index is -1.69. The fourth-order valence-corrected chi connectivity index (χ4v) is 6.18. The zero-order chi connectivity index (χ0) is 43.6. The van der Waals surface area contributed by atoms with Crippen LogP contribution in [0.3, 0.4) is 0 Å².